The molecule has 28 heavy (non-hydrogen) atoms. The van der Waals surface area contributed by atoms with Crippen molar-refractivity contribution >= 4 is 27.6 Å². The summed E-state index contributed by atoms with van der Waals surface area (Å²) >= 11 is 6.08. The van der Waals surface area contributed by atoms with Crippen LogP contribution in [0.25, 0.3) is 0 Å². The summed E-state index contributed by atoms with van der Waals surface area (Å²) in [6.45, 7) is 5.34. The van der Waals surface area contributed by atoms with Crippen molar-refractivity contribution in [2.75, 3.05) is 5.75 Å². The maximum atomic E-state index is 13.6. The van der Waals surface area contributed by atoms with E-state index in [1.54, 1.807) is 11.0 Å². The van der Waals surface area contributed by atoms with Crippen molar-refractivity contribution in [2.24, 2.45) is 0 Å². The van der Waals surface area contributed by atoms with Crippen LogP contribution in [0.15, 0.2) is 42.5 Å². The quantitative estimate of drug-likeness (QED) is 0.575. The highest BCUT2D eigenvalue weighted by molar-refractivity contribution is 7.87. The fourth-order valence-corrected chi connectivity index (χ4v) is 3.32. The monoisotopic (exact) mass is 427 g/mol. The van der Waals surface area contributed by atoms with E-state index in [-0.39, 0.29) is 35.6 Å². The molecular weight excluding hydrogens is 405 g/mol. The van der Waals surface area contributed by atoms with Crippen LogP contribution in [-0.2, 0) is 16.7 Å². The number of hydrogen-bond donors (Lipinski definition) is 0. The Kier molecular flexibility index (Phi) is 7.43. The summed E-state index contributed by atoms with van der Waals surface area (Å²) in [6, 6.07) is 9.83. The molecule has 0 aliphatic carbocycles. The van der Waals surface area contributed by atoms with E-state index in [0.29, 0.717) is 17.0 Å². The molecule has 0 unspecified atom stereocenters. The summed E-state index contributed by atoms with van der Waals surface area (Å²) in [7, 11) is -3.74. The summed E-state index contributed by atoms with van der Waals surface area (Å²) in [5.74, 6) is -0.938. The first-order valence-corrected chi connectivity index (χ1v) is 10.9. The number of hydrogen-bond acceptors (Lipinski definition) is 4. The average molecular weight is 428 g/mol. The van der Waals surface area contributed by atoms with Gasteiger partial charge in [0.15, 0.2) is 0 Å². The molecule has 8 heteroatoms. The third kappa shape index (κ3) is 5.69. The van der Waals surface area contributed by atoms with E-state index in [1.165, 1.54) is 43.3 Å². The summed E-state index contributed by atoms with van der Waals surface area (Å²) in [4.78, 5) is 14.6. The number of benzene rings is 2. The van der Waals surface area contributed by atoms with E-state index in [0.717, 1.165) is 0 Å². The van der Waals surface area contributed by atoms with E-state index >= 15 is 0 Å². The second-order valence-corrected chi connectivity index (χ2v) is 8.68. The number of halogens is 2. The summed E-state index contributed by atoms with van der Waals surface area (Å²) in [5, 5.41) is 0.388. The van der Waals surface area contributed by atoms with Gasteiger partial charge in [-0.2, -0.15) is 8.42 Å². The fourth-order valence-electron chi connectivity index (χ4n) is 2.57. The maximum absolute atomic E-state index is 13.6. The van der Waals surface area contributed by atoms with Crippen molar-refractivity contribution in [3.63, 3.8) is 0 Å². The van der Waals surface area contributed by atoms with Gasteiger partial charge < -0.3 is 9.08 Å². The molecule has 2 aromatic rings. The van der Waals surface area contributed by atoms with Crippen molar-refractivity contribution < 1.29 is 21.8 Å². The number of nitrogens with zero attached hydrogens (tertiary/aromatic N) is 1. The van der Waals surface area contributed by atoms with Crippen LogP contribution < -0.4 is 4.18 Å². The van der Waals surface area contributed by atoms with Crippen LogP contribution in [0.4, 0.5) is 4.39 Å². The highest BCUT2D eigenvalue weighted by Gasteiger charge is 2.24. The van der Waals surface area contributed by atoms with Crippen LogP contribution in [0.3, 0.4) is 0 Å². The number of carbonyl (C=O) groups excluding carboxylic acids is 1. The molecule has 152 valence electrons. The fraction of sp³-hybridized carbons (Fsp3) is 0.350. The van der Waals surface area contributed by atoms with Crippen molar-refractivity contribution in [1.82, 2.24) is 4.90 Å². The highest BCUT2D eigenvalue weighted by Crippen LogP contribution is 2.27. The Balaban J connectivity index is 2.42. The van der Waals surface area contributed by atoms with Crippen LogP contribution in [-0.4, -0.2) is 31.0 Å². The lowest BCUT2D eigenvalue weighted by atomic mass is 10.1. The van der Waals surface area contributed by atoms with Gasteiger partial charge in [0, 0.05) is 22.2 Å². The first kappa shape index (κ1) is 22.2. The minimum Gasteiger partial charge on any atom is -0.382 e. The molecule has 0 heterocycles. The van der Waals surface area contributed by atoms with E-state index in [4.69, 9.17) is 15.8 Å². The molecule has 0 aliphatic heterocycles. The Morgan fingerprint density at radius 1 is 1.21 bits per heavy atom. The first-order valence-electron chi connectivity index (χ1n) is 8.94. The zero-order chi connectivity index (χ0) is 20.9. The lowest BCUT2D eigenvalue weighted by molar-refractivity contribution is 0.0670. The van der Waals surface area contributed by atoms with E-state index in [9.17, 15) is 17.6 Å². The lowest BCUT2D eigenvalue weighted by Crippen LogP contribution is -2.38. The lowest BCUT2D eigenvalue weighted by Gasteiger charge is -2.29. The Morgan fingerprint density at radius 2 is 1.93 bits per heavy atom. The molecule has 0 aliphatic rings. The van der Waals surface area contributed by atoms with Gasteiger partial charge in [-0.25, -0.2) is 4.39 Å². The zero-order valence-electron chi connectivity index (χ0n) is 16.0. The van der Waals surface area contributed by atoms with Crippen LogP contribution >= 0.6 is 11.6 Å². The van der Waals surface area contributed by atoms with Gasteiger partial charge in [-0.3, -0.25) is 4.79 Å². The Bertz CT molecular complexity index is 949. The normalized spacial score (nSPS) is 12.5. The van der Waals surface area contributed by atoms with Crippen LogP contribution in [0, 0.1) is 5.82 Å². The maximum Gasteiger partial charge on any atom is 0.308 e. The molecule has 0 N–H and O–H groups in total. The SMILES string of the molecule is CC[C@H](C)N(Cc1cc(Cl)ccc1OS(=O)(=O)CC)C(=O)c1cccc(F)c1. The minimum absolute atomic E-state index is 0.0689. The minimum atomic E-state index is -3.74. The van der Waals surface area contributed by atoms with Crippen molar-refractivity contribution in [3.8, 4) is 5.75 Å². The largest absolute Gasteiger partial charge is 0.382 e. The molecular formula is C20H23ClFNO4S. The highest BCUT2D eigenvalue weighted by atomic mass is 35.5. The van der Waals surface area contributed by atoms with Crippen molar-refractivity contribution in [2.45, 2.75) is 39.8 Å². The van der Waals surface area contributed by atoms with Gasteiger partial charge in [0.25, 0.3) is 5.91 Å². The zero-order valence-corrected chi connectivity index (χ0v) is 17.6. The van der Waals surface area contributed by atoms with Crippen LogP contribution in [0.5, 0.6) is 5.75 Å². The van der Waals surface area contributed by atoms with Gasteiger partial charge in [-0.15, -0.1) is 0 Å². The first-order chi connectivity index (χ1) is 13.2. The third-order valence-electron chi connectivity index (χ3n) is 4.39. The number of carbonyl (C=O) groups is 1. The van der Waals surface area contributed by atoms with Crippen molar-refractivity contribution in [3.05, 3.63) is 64.4 Å². The van der Waals surface area contributed by atoms with E-state index in [2.05, 4.69) is 0 Å². The summed E-state index contributed by atoms with van der Waals surface area (Å²) in [5.41, 5.74) is 0.667. The summed E-state index contributed by atoms with van der Waals surface area (Å²) < 4.78 is 42.5. The third-order valence-corrected chi connectivity index (χ3v) is 5.76. The van der Waals surface area contributed by atoms with Gasteiger partial charge in [0.2, 0.25) is 0 Å². The smallest absolute Gasteiger partial charge is 0.308 e. The van der Waals surface area contributed by atoms with Crippen LogP contribution in [0.2, 0.25) is 5.02 Å². The molecule has 0 saturated carbocycles. The second kappa shape index (κ2) is 9.39. The second-order valence-electron chi connectivity index (χ2n) is 6.38. The molecule has 2 aromatic carbocycles. The molecule has 0 bridgehead atoms. The van der Waals surface area contributed by atoms with Gasteiger partial charge in [-0.1, -0.05) is 24.6 Å². The topological polar surface area (TPSA) is 63.7 Å². The van der Waals surface area contributed by atoms with Gasteiger partial charge in [0.05, 0.1) is 12.3 Å². The van der Waals surface area contributed by atoms with E-state index in [1.807, 2.05) is 13.8 Å². The Labute approximate surface area is 170 Å². The molecule has 0 aromatic heterocycles. The Morgan fingerprint density at radius 3 is 2.54 bits per heavy atom. The molecule has 0 saturated heterocycles. The van der Waals surface area contributed by atoms with Crippen LogP contribution in [0.1, 0.15) is 43.1 Å². The molecule has 2 rings (SSSR count). The average Bonchev–Trinajstić information content (AvgIpc) is 2.66. The molecule has 0 spiro atoms. The number of amides is 1. The predicted octanol–water partition coefficient (Wildman–Crippen LogP) is 4.65. The van der Waals surface area contributed by atoms with Gasteiger partial charge >= 0.3 is 10.1 Å². The van der Waals surface area contributed by atoms with E-state index < -0.39 is 15.9 Å². The molecule has 0 radical (unpaired) electrons. The summed E-state index contributed by atoms with van der Waals surface area (Å²) in [6.07, 6.45) is 0.658. The predicted molar refractivity (Wildman–Crippen MR) is 108 cm³/mol. The molecule has 0 fully saturated rings. The molecule has 5 nitrogen and oxygen atoms in total. The Hall–Kier alpha value is -2.12. The van der Waals surface area contributed by atoms with Gasteiger partial charge in [-0.05, 0) is 56.7 Å². The standard InChI is InChI=1S/C20H23ClFNO4S/c1-4-14(3)23(20(24)15-7-6-8-18(22)12-15)13-16-11-17(21)9-10-19(16)27-28(25,26)5-2/h6-12,14H,4-5,13H2,1-3H3/t14-/m0/s1. The molecule has 1 amide bonds. The number of rotatable bonds is 8. The molecule has 1 atom stereocenters. The van der Waals surface area contributed by atoms with Crippen molar-refractivity contribution in [1.29, 1.82) is 0 Å². The van der Waals surface area contributed by atoms with Gasteiger partial charge in [0.1, 0.15) is 11.6 Å².